The van der Waals surface area contributed by atoms with Gasteiger partial charge < -0.3 is 0 Å². The molecule has 1 aliphatic rings. The lowest BCUT2D eigenvalue weighted by atomic mass is 9.78. The molecule has 1 heterocycles. The lowest BCUT2D eigenvalue weighted by Gasteiger charge is -2.28. The third-order valence-electron chi connectivity index (χ3n) is 7.08. The van der Waals surface area contributed by atoms with Crippen molar-refractivity contribution in [3.8, 4) is 11.1 Å². The van der Waals surface area contributed by atoms with E-state index in [0.717, 1.165) is 46.7 Å². The second kappa shape index (κ2) is 13.2. The van der Waals surface area contributed by atoms with E-state index >= 15 is 0 Å². The first kappa shape index (κ1) is 24.2. The molecule has 0 saturated heterocycles. The van der Waals surface area contributed by atoms with Crippen LogP contribution in [-0.2, 0) is 12.8 Å². The van der Waals surface area contributed by atoms with Crippen LogP contribution in [0.25, 0.3) is 11.1 Å². The number of rotatable bonds is 12. The number of aromatic nitrogens is 2. The van der Waals surface area contributed by atoms with Gasteiger partial charge in [0.05, 0.1) is 0 Å². The molecule has 31 heavy (non-hydrogen) atoms. The van der Waals surface area contributed by atoms with Crippen LogP contribution in [0.2, 0.25) is 5.02 Å². The zero-order chi connectivity index (χ0) is 21.9. The van der Waals surface area contributed by atoms with Gasteiger partial charge in [0.25, 0.3) is 0 Å². The molecule has 2 aromatic rings. The quantitative estimate of drug-likeness (QED) is 0.308. The molecule has 0 aliphatic heterocycles. The molecule has 0 amide bonds. The van der Waals surface area contributed by atoms with Crippen molar-refractivity contribution in [3.63, 3.8) is 0 Å². The molecule has 0 unspecified atom stereocenters. The Morgan fingerprint density at radius 2 is 1.45 bits per heavy atom. The Labute approximate surface area is 195 Å². The number of hydrogen-bond acceptors (Lipinski definition) is 2. The number of benzene rings is 1. The summed E-state index contributed by atoms with van der Waals surface area (Å²) in [6.45, 7) is 4.53. The molecule has 1 aromatic carbocycles. The summed E-state index contributed by atoms with van der Waals surface area (Å²) in [5.41, 5.74) is 3.37. The fourth-order valence-electron chi connectivity index (χ4n) is 4.98. The highest BCUT2D eigenvalue weighted by molar-refractivity contribution is 6.33. The van der Waals surface area contributed by atoms with E-state index in [4.69, 9.17) is 11.6 Å². The highest BCUT2D eigenvalue weighted by Crippen LogP contribution is 2.34. The van der Waals surface area contributed by atoms with Crippen molar-refractivity contribution in [2.45, 2.75) is 104 Å². The zero-order valence-electron chi connectivity index (χ0n) is 19.7. The maximum Gasteiger partial charge on any atom is 0.128 e. The molecular weight excluding hydrogens is 400 g/mol. The molecule has 0 spiro atoms. The summed E-state index contributed by atoms with van der Waals surface area (Å²) < 4.78 is 0. The number of unbranched alkanes of at least 4 members (excludes halogenated alkanes) is 4. The van der Waals surface area contributed by atoms with Crippen molar-refractivity contribution >= 4 is 11.6 Å². The molecule has 0 N–H and O–H groups in total. The minimum Gasteiger partial charge on any atom is -0.241 e. The molecule has 1 saturated carbocycles. The first-order chi connectivity index (χ1) is 15.2. The first-order valence-electron chi connectivity index (χ1n) is 12.8. The van der Waals surface area contributed by atoms with Crippen LogP contribution in [0.4, 0.5) is 0 Å². The second-order valence-corrected chi connectivity index (χ2v) is 9.99. The molecule has 170 valence electrons. The second-order valence-electron chi connectivity index (χ2n) is 9.58. The van der Waals surface area contributed by atoms with Gasteiger partial charge in [0.1, 0.15) is 5.82 Å². The van der Waals surface area contributed by atoms with E-state index in [9.17, 15) is 0 Å². The average molecular weight is 441 g/mol. The zero-order valence-corrected chi connectivity index (χ0v) is 20.5. The summed E-state index contributed by atoms with van der Waals surface area (Å²) in [4.78, 5) is 9.32. The van der Waals surface area contributed by atoms with Crippen molar-refractivity contribution in [2.75, 3.05) is 0 Å². The van der Waals surface area contributed by atoms with Crippen molar-refractivity contribution < 1.29 is 0 Å². The van der Waals surface area contributed by atoms with E-state index in [1.54, 1.807) is 0 Å². The monoisotopic (exact) mass is 440 g/mol. The van der Waals surface area contributed by atoms with E-state index in [2.05, 4.69) is 42.0 Å². The Kier molecular flexibility index (Phi) is 10.3. The van der Waals surface area contributed by atoms with E-state index in [0.29, 0.717) is 0 Å². The third kappa shape index (κ3) is 7.90. The Balaban J connectivity index is 1.45. The summed E-state index contributed by atoms with van der Waals surface area (Å²) in [5.74, 6) is 2.82. The van der Waals surface area contributed by atoms with Gasteiger partial charge in [0, 0.05) is 35.0 Å². The normalized spacial score (nSPS) is 18.9. The number of halogens is 1. The van der Waals surface area contributed by atoms with Gasteiger partial charge in [-0.15, -0.1) is 0 Å². The van der Waals surface area contributed by atoms with Gasteiger partial charge in [0.15, 0.2) is 0 Å². The summed E-state index contributed by atoms with van der Waals surface area (Å²) in [6.07, 6.45) is 22.3. The van der Waals surface area contributed by atoms with Crippen LogP contribution in [0.5, 0.6) is 0 Å². The predicted octanol–water partition coefficient (Wildman–Crippen LogP) is 8.85. The molecule has 3 rings (SSSR count). The fourth-order valence-corrected chi connectivity index (χ4v) is 5.29. The van der Waals surface area contributed by atoms with Gasteiger partial charge in [-0.1, -0.05) is 102 Å². The topological polar surface area (TPSA) is 25.8 Å². The Morgan fingerprint density at radius 3 is 2.10 bits per heavy atom. The van der Waals surface area contributed by atoms with Crippen molar-refractivity contribution in [2.24, 2.45) is 11.8 Å². The number of hydrogen-bond donors (Lipinski definition) is 0. The molecule has 1 aliphatic carbocycles. The van der Waals surface area contributed by atoms with Gasteiger partial charge in [-0.2, -0.15) is 0 Å². The highest BCUT2D eigenvalue weighted by Gasteiger charge is 2.21. The highest BCUT2D eigenvalue weighted by atomic mass is 35.5. The van der Waals surface area contributed by atoms with Crippen LogP contribution in [0, 0.1) is 11.8 Å². The minimum absolute atomic E-state index is 0.807. The maximum absolute atomic E-state index is 6.58. The van der Waals surface area contributed by atoms with Crippen LogP contribution in [0.1, 0.15) is 102 Å². The van der Waals surface area contributed by atoms with E-state index in [-0.39, 0.29) is 0 Å². The summed E-state index contributed by atoms with van der Waals surface area (Å²) >= 11 is 6.58. The molecule has 1 aromatic heterocycles. The van der Waals surface area contributed by atoms with Gasteiger partial charge in [0.2, 0.25) is 0 Å². The molecule has 1 fully saturated rings. The summed E-state index contributed by atoms with van der Waals surface area (Å²) in [5, 5.41) is 0.807. The van der Waals surface area contributed by atoms with Crippen LogP contribution in [0.15, 0.2) is 30.6 Å². The molecule has 3 heteroatoms. The molecule has 2 nitrogen and oxygen atoms in total. The summed E-state index contributed by atoms with van der Waals surface area (Å²) in [7, 11) is 0. The van der Waals surface area contributed by atoms with Crippen molar-refractivity contribution in [1.82, 2.24) is 9.97 Å². The van der Waals surface area contributed by atoms with Crippen LogP contribution >= 0.6 is 11.6 Å². The molecule has 0 atom stereocenters. The lowest BCUT2D eigenvalue weighted by Crippen LogP contribution is -2.15. The van der Waals surface area contributed by atoms with Crippen LogP contribution in [-0.4, -0.2) is 9.97 Å². The van der Waals surface area contributed by atoms with Gasteiger partial charge >= 0.3 is 0 Å². The standard InChI is InChI=1S/C28H41ClN2/c1-3-5-7-9-22-11-13-23(14-12-22)16-18-28-30-20-25(21-31-28)26-17-15-24(19-27(26)29)10-8-6-4-2/h15,17,19-23H,3-14,16,18H2,1-2H3. The maximum atomic E-state index is 6.58. The Hall–Kier alpha value is -1.41. The van der Waals surface area contributed by atoms with E-state index in [1.165, 1.54) is 82.6 Å². The number of aryl methyl sites for hydroxylation is 2. The SMILES string of the molecule is CCCCCc1ccc(-c2cnc(CCC3CCC(CCCCC)CC3)nc2)c(Cl)c1. The summed E-state index contributed by atoms with van der Waals surface area (Å²) in [6, 6.07) is 6.43. The van der Waals surface area contributed by atoms with Gasteiger partial charge in [-0.25, -0.2) is 9.97 Å². The van der Waals surface area contributed by atoms with Gasteiger partial charge in [-0.05, 0) is 42.7 Å². The fraction of sp³-hybridized carbons (Fsp3) is 0.643. The number of nitrogens with zero attached hydrogens (tertiary/aromatic N) is 2. The average Bonchev–Trinajstić information content (AvgIpc) is 2.79. The smallest absolute Gasteiger partial charge is 0.128 e. The van der Waals surface area contributed by atoms with Crippen molar-refractivity contribution in [3.05, 3.63) is 47.0 Å². The predicted molar refractivity (Wildman–Crippen MR) is 134 cm³/mol. The van der Waals surface area contributed by atoms with E-state index in [1.807, 2.05) is 12.4 Å². The Morgan fingerprint density at radius 1 is 0.806 bits per heavy atom. The van der Waals surface area contributed by atoms with E-state index < -0.39 is 0 Å². The minimum atomic E-state index is 0.807. The van der Waals surface area contributed by atoms with Crippen LogP contribution in [0.3, 0.4) is 0 Å². The molecular formula is C28H41ClN2. The van der Waals surface area contributed by atoms with Gasteiger partial charge in [-0.3, -0.25) is 0 Å². The largest absolute Gasteiger partial charge is 0.241 e. The third-order valence-corrected chi connectivity index (χ3v) is 7.39. The molecule has 0 bridgehead atoms. The lowest BCUT2D eigenvalue weighted by molar-refractivity contribution is 0.248. The Bertz CT molecular complexity index is 763. The van der Waals surface area contributed by atoms with Crippen molar-refractivity contribution in [1.29, 1.82) is 0 Å². The van der Waals surface area contributed by atoms with Crippen LogP contribution < -0.4 is 0 Å². The first-order valence-corrected chi connectivity index (χ1v) is 13.2. The molecule has 0 radical (unpaired) electrons.